The monoisotopic (exact) mass is 209 g/mol. The lowest BCUT2D eigenvalue weighted by atomic mass is 10.4. The number of ether oxygens (including phenoxy) is 2. The Hall–Kier alpha value is -1.66. The molecule has 0 aliphatic rings. The van der Waals surface area contributed by atoms with Crippen molar-refractivity contribution in [2.24, 2.45) is 0 Å². The molecule has 14 heavy (non-hydrogen) atoms. The van der Waals surface area contributed by atoms with Crippen LogP contribution in [0.4, 0.5) is 13.2 Å². The van der Waals surface area contributed by atoms with Gasteiger partial charge in [-0.2, -0.15) is 0 Å². The van der Waals surface area contributed by atoms with Crippen molar-refractivity contribution in [2.75, 3.05) is 7.11 Å². The Kier molecular flexibility index (Phi) is 2.68. The zero-order valence-corrected chi connectivity index (χ0v) is 7.01. The lowest BCUT2D eigenvalue weighted by Crippen LogP contribution is -2.22. The fourth-order valence-electron chi connectivity index (χ4n) is 0.763. The zero-order chi connectivity index (χ0) is 10.8. The highest BCUT2D eigenvalue weighted by atomic mass is 19.4. The summed E-state index contributed by atoms with van der Waals surface area (Å²) in [5.74, 6) is -0.777. The first kappa shape index (κ1) is 10.4. The van der Waals surface area contributed by atoms with Crippen LogP contribution in [-0.4, -0.2) is 18.5 Å². The predicted octanol–water partition coefficient (Wildman–Crippen LogP) is 1.28. The summed E-state index contributed by atoms with van der Waals surface area (Å²) >= 11 is 0. The van der Waals surface area contributed by atoms with E-state index in [-0.39, 0.29) is 5.75 Å². The maximum Gasteiger partial charge on any atom is 0.573 e. The number of hydrogen-bond donors (Lipinski definition) is 1. The Bertz CT molecular complexity index is 371. The van der Waals surface area contributed by atoms with E-state index >= 15 is 0 Å². The highest BCUT2D eigenvalue weighted by Crippen LogP contribution is 2.21. The van der Waals surface area contributed by atoms with Crippen molar-refractivity contribution in [3.05, 3.63) is 22.6 Å². The second-order valence-corrected chi connectivity index (χ2v) is 2.28. The fraction of sp³-hybridized carbons (Fsp3) is 0.286. The number of halogens is 3. The summed E-state index contributed by atoms with van der Waals surface area (Å²) in [5, 5.41) is 0. The molecule has 1 aromatic heterocycles. The summed E-state index contributed by atoms with van der Waals surface area (Å²) in [5.41, 5.74) is -0.969. The topological polar surface area (TPSA) is 51.3 Å². The van der Waals surface area contributed by atoms with E-state index in [1.54, 1.807) is 0 Å². The minimum Gasteiger partial charge on any atom is -0.495 e. The zero-order valence-electron chi connectivity index (χ0n) is 7.01. The van der Waals surface area contributed by atoms with E-state index in [0.717, 1.165) is 12.3 Å². The maximum absolute atomic E-state index is 11.7. The second-order valence-electron chi connectivity index (χ2n) is 2.28. The molecule has 0 saturated carbocycles. The van der Waals surface area contributed by atoms with Crippen LogP contribution in [0.25, 0.3) is 0 Å². The highest BCUT2D eigenvalue weighted by Gasteiger charge is 2.32. The molecule has 0 spiro atoms. The predicted molar refractivity (Wildman–Crippen MR) is 40.3 cm³/mol. The quantitative estimate of drug-likeness (QED) is 0.798. The van der Waals surface area contributed by atoms with Crippen molar-refractivity contribution >= 4 is 0 Å². The summed E-state index contributed by atoms with van der Waals surface area (Å²) < 4.78 is 43.3. The molecule has 0 radical (unpaired) electrons. The fourth-order valence-corrected chi connectivity index (χ4v) is 0.763. The van der Waals surface area contributed by atoms with Crippen molar-refractivity contribution in [1.29, 1.82) is 0 Å². The number of methoxy groups -OCH3 is 1. The average molecular weight is 209 g/mol. The average Bonchev–Trinajstić information content (AvgIpc) is 2.06. The minimum atomic E-state index is -4.89. The SMILES string of the molecule is COc1c[nH]c(=O)c(OC(F)(F)F)c1. The van der Waals surface area contributed by atoms with Crippen LogP contribution in [0, 0.1) is 0 Å². The first-order valence-corrected chi connectivity index (χ1v) is 3.45. The van der Waals surface area contributed by atoms with Crippen LogP contribution in [-0.2, 0) is 0 Å². The Morgan fingerprint density at radius 3 is 2.57 bits per heavy atom. The molecule has 1 heterocycles. The van der Waals surface area contributed by atoms with Gasteiger partial charge in [-0.15, -0.1) is 13.2 Å². The van der Waals surface area contributed by atoms with Gasteiger partial charge in [-0.3, -0.25) is 4.79 Å². The molecule has 1 rings (SSSR count). The normalized spacial score (nSPS) is 11.1. The number of pyridine rings is 1. The van der Waals surface area contributed by atoms with E-state index in [2.05, 4.69) is 9.47 Å². The van der Waals surface area contributed by atoms with Crippen LogP contribution < -0.4 is 15.0 Å². The number of aromatic nitrogens is 1. The van der Waals surface area contributed by atoms with Gasteiger partial charge in [0.15, 0.2) is 5.75 Å². The molecule has 0 amide bonds. The van der Waals surface area contributed by atoms with Crippen molar-refractivity contribution in [1.82, 2.24) is 4.98 Å². The van der Waals surface area contributed by atoms with E-state index in [9.17, 15) is 18.0 Å². The molecule has 78 valence electrons. The third kappa shape index (κ3) is 2.68. The van der Waals surface area contributed by atoms with Crippen LogP contribution in [0.1, 0.15) is 0 Å². The Balaban J connectivity index is 3.01. The van der Waals surface area contributed by atoms with E-state index in [0.29, 0.717) is 0 Å². The summed E-state index contributed by atoms with van der Waals surface area (Å²) in [6, 6.07) is 0.853. The molecular formula is C7H6F3NO3. The number of rotatable bonds is 2. The van der Waals surface area contributed by atoms with Crippen molar-refractivity contribution in [3.8, 4) is 11.5 Å². The number of nitrogens with one attached hydrogen (secondary N) is 1. The molecule has 1 aromatic rings. The van der Waals surface area contributed by atoms with Gasteiger partial charge in [0.1, 0.15) is 5.75 Å². The number of H-pyrrole nitrogens is 1. The van der Waals surface area contributed by atoms with E-state index in [4.69, 9.17) is 0 Å². The van der Waals surface area contributed by atoms with Crippen molar-refractivity contribution in [2.45, 2.75) is 6.36 Å². The molecule has 0 fully saturated rings. The maximum atomic E-state index is 11.7. The molecule has 0 aliphatic heterocycles. The van der Waals surface area contributed by atoms with Crippen LogP contribution in [0.15, 0.2) is 17.1 Å². The third-order valence-electron chi connectivity index (χ3n) is 1.30. The van der Waals surface area contributed by atoms with Gasteiger partial charge < -0.3 is 14.5 Å². The standard InChI is InChI=1S/C7H6F3NO3/c1-13-4-2-5(6(12)11-3-4)14-7(8,9)10/h2-3H,1H3,(H,11,12). The van der Waals surface area contributed by atoms with E-state index in [1.165, 1.54) is 7.11 Å². The van der Waals surface area contributed by atoms with Gasteiger partial charge in [0, 0.05) is 12.3 Å². The van der Waals surface area contributed by atoms with Gasteiger partial charge in [0.05, 0.1) is 7.11 Å². The van der Waals surface area contributed by atoms with Crippen LogP contribution in [0.2, 0.25) is 0 Å². The van der Waals surface area contributed by atoms with Gasteiger partial charge in [0.25, 0.3) is 5.56 Å². The summed E-state index contributed by atoms with van der Waals surface area (Å²) in [6.45, 7) is 0. The highest BCUT2D eigenvalue weighted by molar-refractivity contribution is 5.28. The van der Waals surface area contributed by atoms with E-state index < -0.39 is 17.7 Å². The molecular weight excluding hydrogens is 203 g/mol. The molecule has 0 unspecified atom stereocenters. The third-order valence-corrected chi connectivity index (χ3v) is 1.30. The van der Waals surface area contributed by atoms with Gasteiger partial charge in [-0.25, -0.2) is 0 Å². The first-order valence-electron chi connectivity index (χ1n) is 3.45. The Labute approximate surface area is 76.3 Å². The number of aromatic amines is 1. The van der Waals surface area contributed by atoms with Gasteiger partial charge >= 0.3 is 6.36 Å². The molecule has 4 nitrogen and oxygen atoms in total. The summed E-state index contributed by atoms with van der Waals surface area (Å²) in [7, 11) is 1.25. The lowest BCUT2D eigenvalue weighted by Gasteiger charge is -2.08. The molecule has 0 saturated heterocycles. The first-order chi connectivity index (χ1) is 6.42. The number of alkyl halides is 3. The minimum absolute atomic E-state index is 0.0730. The smallest absolute Gasteiger partial charge is 0.495 e. The molecule has 0 aromatic carbocycles. The Morgan fingerprint density at radius 1 is 1.43 bits per heavy atom. The molecule has 7 heteroatoms. The van der Waals surface area contributed by atoms with Gasteiger partial charge in [0.2, 0.25) is 0 Å². The van der Waals surface area contributed by atoms with Crippen molar-refractivity contribution in [3.63, 3.8) is 0 Å². The molecule has 0 atom stereocenters. The number of hydrogen-bond acceptors (Lipinski definition) is 3. The molecule has 1 N–H and O–H groups in total. The van der Waals surface area contributed by atoms with Crippen LogP contribution in [0.5, 0.6) is 11.5 Å². The summed E-state index contributed by atoms with van der Waals surface area (Å²) in [6.07, 6.45) is -3.76. The Morgan fingerprint density at radius 2 is 2.07 bits per heavy atom. The molecule has 0 bridgehead atoms. The van der Waals surface area contributed by atoms with Crippen LogP contribution >= 0.6 is 0 Å². The summed E-state index contributed by atoms with van der Waals surface area (Å²) in [4.78, 5) is 12.9. The largest absolute Gasteiger partial charge is 0.573 e. The van der Waals surface area contributed by atoms with Crippen molar-refractivity contribution < 1.29 is 22.6 Å². The van der Waals surface area contributed by atoms with Gasteiger partial charge in [-0.1, -0.05) is 0 Å². The molecule has 0 aliphatic carbocycles. The van der Waals surface area contributed by atoms with Crippen LogP contribution in [0.3, 0.4) is 0 Å². The second kappa shape index (κ2) is 3.60. The van der Waals surface area contributed by atoms with Gasteiger partial charge in [-0.05, 0) is 0 Å². The lowest BCUT2D eigenvalue weighted by molar-refractivity contribution is -0.275. The van der Waals surface area contributed by atoms with E-state index in [1.807, 2.05) is 4.98 Å².